The van der Waals surface area contributed by atoms with Crippen LogP contribution in [0.3, 0.4) is 0 Å². The lowest BCUT2D eigenvalue weighted by atomic mass is 10.1. The summed E-state index contributed by atoms with van der Waals surface area (Å²) in [4.78, 5) is 12.6. The summed E-state index contributed by atoms with van der Waals surface area (Å²) in [5, 5.41) is 2.02. The molecular weight excluding hydrogens is 260 g/mol. The van der Waals surface area contributed by atoms with Crippen LogP contribution in [0.2, 0.25) is 0 Å². The van der Waals surface area contributed by atoms with Crippen molar-refractivity contribution in [2.75, 3.05) is 7.11 Å². The molecule has 3 nitrogen and oxygen atoms in total. The summed E-state index contributed by atoms with van der Waals surface area (Å²) in [7, 11) is 1.62. The summed E-state index contributed by atoms with van der Waals surface area (Å²) in [5.74, 6) is 0.790. The summed E-state index contributed by atoms with van der Waals surface area (Å²) in [6.07, 6.45) is 0. The lowest BCUT2D eigenvalue weighted by Crippen LogP contribution is -2.00. The summed E-state index contributed by atoms with van der Waals surface area (Å²) in [6.45, 7) is 2.56. The van der Waals surface area contributed by atoms with Crippen LogP contribution in [0.4, 0.5) is 0 Å². The molecule has 0 N–H and O–H groups in total. The Balaban J connectivity index is 2.04. The number of rotatable bonds is 6. The largest absolute Gasteiger partial charge is 0.496 e. The number of hydrogen-bond acceptors (Lipinski definition) is 4. The molecule has 0 aliphatic heterocycles. The van der Waals surface area contributed by atoms with Gasteiger partial charge in [0.2, 0.25) is 0 Å². The lowest BCUT2D eigenvalue weighted by molar-refractivity contribution is 0.101. The predicted molar refractivity (Wildman–Crippen MR) is 75.8 cm³/mol. The normalized spacial score (nSPS) is 10.4. The number of thiophene rings is 1. The Hall–Kier alpha value is -1.65. The van der Waals surface area contributed by atoms with E-state index in [4.69, 9.17) is 9.47 Å². The first-order valence-corrected chi connectivity index (χ1v) is 6.86. The smallest absolute Gasteiger partial charge is 0.159 e. The van der Waals surface area contributed by atoms with Crippen LogP contribution >= 0.6 is 11.3 Å². The number of Topliss-reactive ketones (excluding diaryl/α,β-unsaturated/α-hetero) is 1. The van der Waals surface area contributed by atoms with Crippen molar-refractivity contribution in [1.82, 2.24) is 0 Å². The molecule has 4 heteroatoms. The van der Waals surface area contributed by atoms with Crippen LogP contribution in [0.25, 0.3) is 0 Å². The highest BCUT2D eigenvalue weighted by atomic mass is 32.1. The minimum atomic E-state index is 0.0437. The van der Waals surface area contributed by atoms with Gasteiger partial charge < -0.3 is 9.47 Å². The highest BCUT2D eigenvalue weighted by molar-refractivity contribution is 7.09. The van der Waals surface area contributed by atoms with Crippen molar-refractivity contribution in [1.29, 1.82) is 0 Å². The Labute approximate surface area is 116 Å². The molecule has 0 radical (unpaired) electrons. The first-order chi connectivity index (χ1) is 9.20. The number of hydrogen-bond donors (Lipinski definition) is 0. The molecule has 0 fully saturated rings. The van der Waals surface area contributed by atoms with Crippen LogP contribution in [-0.4, -0.2) is 12.9 Å². The van der Waals surface area contributed by atoms with Gasteiger partial charge in [-0.3, -0.25) is 4.79 Å². The first kappa shape index (κ1) is 13.8. The van der Waals surface area contributed by atoms with Crippen LogP contribution in [0.1, 0.15) is 27.7 Å². The maximum atomic E-state index is 11.4. The van der Waals surface area contributed by atoms with Gasteiger partial charge in [-0.2, -0.15) is 0 Å². The van der Waals surface area contributed by atoms with Crippen LogP contribution in [0.15, 0.2) is 35.7 Å². The van der Waals surface area contributed by atoms with Gasteiger partial charge in [0.05, 0.1) is 20.3 Å². The molecule has 0 saturated carbocycles. The summed E-state index contributed by atoms with van der Waals surface area (Å²) < 4.78 is 10.9. The molecule has 0 saturated heterocycles. The van der Waals surface area contributed by atoms with Crippen LogP contribution in [0.5, 0.6) is 5.75 Å². The van der Waals surface area contributed by atoms with Crippen molar-refractivity contribution in [3.63, 3.8) is 0 Å². The number of methoxy groups -OCH3 is 1. The average Bonchev–Trinajstić information content (AvgIpc) is 2.91. The van der Waals surface area contributed by atoms with Gasteiger partial charge in [0, 0.05) is 16.0 Å². The van der Waals surface area contributed by atoms with E-state index < -0.39 is 0 Å². The van der Waals surface area contributed by atoms with Crippen LogP contribution in [0, 0.1) is 0 Å². The molecule has 0 aliphatic rings. The van der Waals surface area contributed by atoms with E-state index in [1.165, 1.54) is 4.88 Å². The van der Waals surface area contributed by atoms with Crippen molar-refractivity contribution in [2.45, 2.75) is 20.1 Å². The second kappa shape index (κ2) is 6.50. The zero-order valence-corrected chi connectivity index (χ0v) is 11.8. The minimum Gasteiger partial charge on any atom is -0.496 e. The maximum Gasteiger partial charge on any atom is 0.159 e. The molecule has 0 spiro atoms. The van der Waals surface area contributed by atoms with Crippen LogP contribution < -0.4 is 4.74 Å². The molecule has 0 atom stereocenters. The van der Waals surface area contributed by atoms with Gasteiger partial charge in [-0.25, -0.2) is 0 Å². The Kier molecular flexibility index (Phi) is 4.71. The molecule has 100 valence electrons. The summed E-state index contributed by atoms with van der Waals surface area (Å²) in [6, 6.07) is 9.44. The average molecular weight is 276 g/mol. The Bertz CT molecular complexity index is 547. The van der Waals surface area contributed by atoms with Crippen molar-refractivity contribution in [3.05, 3.63) is 51.7 Å². The van der Waals surface area contributed by atoms with Gasteiger partial charge in [0.15, 0.2) is 5.78 Å². The maximum absolute atomic E-state index is 11.4. The molecule has 2 aromatic rings. The molecule has 1 aromatic heterocycles. The third-order valence-electron chi connectivity index (χ3n) is 2.77. The lowest BCUT2D eigenvalue weighted by Gasteiger charge is -2.10. The Morgan fingerprint density at radius 3 is 2.74 bits per heavy atom. The van der Waals surface area contributed by atoms with Gasteiger partial charge in [-0.05, 0) is 36.6 Å². The number of ketones is 1. The number of benzene rings is 1. The third-order valence-corrected chi connectivity index (χ3v) is 3.62. The Morgan fingerprint density at radius 2 is 2.11 bits per heavy atom. The fourth-order valence-electron chi connectivity index (χ4n) is 1.77. The monoisotopic (exact) mass is 276 g/mol. The van der Waals surface area contributed by atoms with E-state index in [0.29, 0.717) is 18.8 Å². The second-order valence-electron chi connectivity index (χ2n) is 4.15. The zero-order chi connectivity index (χ0) is 13.7. The standard InChI is InChI=1S/C15H16O3S/c1-11(16)12-5-6-15(17-2)13(8-12)9-18-10-14-4-3-7-19-14/h3-8H,9-10H2,1-2H3. The topological polar surface area (TPSA) is 35.5 Å². The molecule has 0 amide bonds. The molecular formula is C15H16O3S. The van der Waals surface area contributed by atoms with Crippen LogP contribution in [-0.2, 0) is 18.0 Å². The fraction of sp³-hybridized carbons (Fsp3) is 0.267. The van der Waals surface area contributed by atoms with E-state index in [0.717, 1.165) is 11.3 Å². The molecule has 2 rings (SSSR count). The molecule has 0 bridgehead atoms. The van der Waals surface area contributed by atoms with Gasteiger partial charge in [-0.1, -0.05) is 6.07 Å². The highest BCUT2D eigenvalue weighted by Crippen LogP contribution is 2.22. The van der Waals surface area contributed by atoms with Gasteiger partial charge in [0.25, 0.3) is 0 Å². The van der Waals surface area contributed by atoms with Gasteiger partial charge in [-0.15, -0.1) is 11.3 Å². The van der Waals surface area contributed by atoms with E-state index in [1.807, 2.05) is 23.6 Å². The fourth-order valence-corrected chi connectivity index (χ4v) is 2.41. The third kappa shape index (κ3) is 3.66. The number of carbonyl (C=O) groups excluding carboxylic acids is 1. The molecule has 1 heterocycles. The van der Waals surface area contributed by atoms with E-state index >= 15 is 0 Å². The van der Waals surface area contributed by atoms with E-state index in [1.54, 1.807) is 37.5 Å². The van der Waals surface area contributed by atoms with Crippen molar-refractivity contribution >= 4 is 17.1 Å². The van der Waals surface area contributed by atoms with Crippen molar-refractivity contribution < 1.29 is 14.3 Å². The molecule has 0 unspecified atom stereocenters. The second-order valence-corrected chi connectivity index (χ2v) is 5.19. The SMILES string of the molecule is COc1ccc(C(C)=O)cc1COCc1cccs1. The highest BCUT2D eigenvalue weighted by Gasteiger charge is 2.07. The summed E-state index contributed by atoms with van der Waals surface area (Å²) in [5.41, 5.74) is 1.57. The van der Waals surface area contributed by atoms with Crippen molar-refractivity contribution in [3.8, 4) is 5.75 Å². The minimum absolute atomic E-state index is 0.0437. The molecule has 1 aromatic carbocycles. The number of carbonyl (C=O) groups is 1. The molecule has 19 heavy (non-hydrogen) atoms. The quantitative estimate of drug-likeness (QED) is 0.755. The van der Waals surface area contributed by atoms with E-state index in [-0.39, 0.29) is 5.78 Å². The van der Waals surface area contributed by atoms with E-state index in [2.05, 4.69) is 0 Å². The first-order valence-electron chi connectivity index (χ1n) is 5.98. The zero-order valence-electron chi connectivity index (χ0n) is 11.0. The number of ether oxygens (including phenoxy) is 2. The predicted octanol–water partition coefficient (Wildman–Crippen LogP) is 3.68. The molecule has 0 aliphatic carbocycles. The van der Waals surface area contributed by atoms with Gasteiger partial charge in [0.1, 0.15) is 5.75 Å². The summed E-state index contributed by atoms with van der Waals surface area (Å²) >= 11 is 1.67. The van der Waals surface area contributed by atoms with Crippen molar-refractivity contribution in [2.24, 2.45) is 0 Å². The van der Waals surface area contributed by atoms with E-state index in [9.17, 15) is 4.79 Å². The Morgan fingerprint density at radius 1 is 1.26 bits per heavy atom. The van der Waals surface area contributed by atoms with Gasteiger partial charge >= 0.3 is 0 Å².